The molecule has 0 bridgehead atoms. The van der Waals surface area contributed by atoms with E-state index in [-0.39, 0.29) is 0 Å². The lowest BCUT2D eigenvalue weighted by Gasteiger charge is -2.40. The standard InChI is InChI=1S/C37H69N7/c1-7-12-32-26-43(36(39)42(32)23-29-16-18-30(19-17-29)37(4,5)6)33(21-28-13-9-8-10-14-28)24-41-20-11-15-31(41)25-44-34(27(2)3)22-40-35(44)38/h27-34,39H,7-26H2,1-6H3,(H2,38,40)/t29?,30?,31-,32+,33+,34-/m0/s1. The molecule has 2 aliphatic carbocycles. The highest BCUT2D eigenvalue weighted by Gasteiger charge is 2.42. The van der Waals surface area contributed by atoms with Gasteiger partial charge in [0.1, 0.15) is 0 Å². The van der Waals surface area contributed by atoms with Crippen molar-refractivity contribution in [1.29, 1.82) is 5.41 Å². The Hall–Kier alpha value is -1.50. The second kappa shape index (κ2) is 14.9. The molecule has 252 valence electrons. The Balaban J connectivity index is 1.28. The third-order valence-corrected chi connectivity index (χ3v) is 12.6. The second-order valence-corrected chi connectivity index (χ2v) is 17.0. The molecule has 2 saturated carbocycles. The molecule has 7 heteroatoms. The highest BCUT2D eigenvalue weighted by Crippen LogP contribution is 2.41. The van der Waals surface area contributed by atoms with Gasteiger partial charge in [-0.25, -0.2) is 0 Å². The zero-order chi connectivity index (χ0) is 31.4. The number of hydrogen-bond acceptors (Lipinski definition) is 5. The van der Waals surface area contributed by atoms with Crippen molar-refractivity contribution in [3.05, 3.63) is 0 Å². The van der Waals surface area contributed by atoms with Gasteiger partial charge >= 0.3 is 0 Å². The molecule has 3 heterocycles. The third kappa shape index (κ3) is 8.07. The largest absolute Gasteiger partial charge is 0.370 e. The fourth-order valence-electron chi connectivity index (χ4n) is 9.67. The second-order valence-electron chi connectivity index (χ2n) is 17.0. The van der Waals surface area contributed by atoms with Crippen molar-refractivity contribution in [3.8, 4) is 0 Å². The summed E-state index contributed by atoms with van der Waals surface area (Å²) in [4.78, 5) is 15.1. The van der Waals surface area contributed by atoms with Crippen LogP contribution in [0.15, 0.2) is 4.99 Å². The molecule has 0 radical (unpaired) electrons. The Morgan fingerprint density at radius 3 is 2.27 bits per heavy atom. The van der Waals surface area contributed by atoms with Gasteiger partial charge in [-0.05, 0) is 87.0 Å². The zero-order valence-corrected chi connectivity index (χ0v) is 29.6. The van der Waals surface area contributed by atoms with Gasteiger partial charge in [-0.2, -0.15) is 0 Å². The van der Waals surface area contributed by atoms with E-state index in [1.54, 1.807) is 0 Å². The van der Waals surface area contributed by atoms with Gasteiger partial charge in [0.15, 0.2) is 11.9 Å². The summed E-state index contributed by atoms with van der Waals surface area (Å²) in [6.07, 6.45) is 18.6. The number of hydrogen-bond donors (Lipinski definition) is 2. The van der Waals surface area contributed by atoms with Crippen LogP contribution in [0.5, 0.6) is 0 Å². The predicted molar refractivity (Wildman–Crippen MR) is 186 cm³/mol. The topological polar surface area (TPSA) is 75.2 Å². The van der Waals surface area contributed by atoms with Crippen molar-refractivity contribution in [2.45, 2.75) is 156 Å². The third-order valence-electron chi connectivity index (χ3n) is 12.6. The Labute approximate surface area is 271 Å². The van der Waals surface area contributed by atoms with E-state index in [4.69, 9.17) is 5.73 Å². The smallest absolute Gasteiger partial charge is 0.194 e. The molecule has 2 saturated heterocycles. The van der Waals surface area contributed by atoms with E-state index in [0.29, 0.717) is 35.5 Å². The average Bonchev–Trinajstić information content (AvgIpc) is 3.67. The molecule has 7 nitrogen and oxygen atoms in total. The van der Waals surface area contributed by atoms with Gasteiger partial charge in [-0.15, -0.1) is 0 Å². The average molecular weight is 612 g/mol. The lowest BCUT2D eigenvalue weighted by Crippen LogP contribution is -2.53. The molecule has 3 aliphatic heterocycles. The fraction of sp³-hybridized carbons (Fsp3) is 0.946. The molecule has 4 atom stereocenters. The quantitative estimate of drug-likeness (QED) is 0.248. The SMILES string of the molecule is CCC[C@@H]1CN([C@H](CC2CCCCC2)CN2CCC[C@H]2CN2C(N)=NC[C@H]2C(C)C)C(=N)N1CC1CCC(C(C)(C)C)CC1. The maximum Gasteiger partial charge on any atom is 0.194 e. The van der Waals surface area contributed by atoms with Gasteiger partial charge in [0.05, 0.1) is 12.6 Å². The maximum atomic E-state index is 9.68. The van der Waals surface area contributed by atoms with E-state index < -0.39 is 0 Å². The summed E-state index contributed by atoms with van der Waals surface area (Å²) in [6, 6.07) is 1.92. The van der Waals surface area contributed by atoms with Crippen molar-refractivity contribution in [1.82, 2.24) is 19.6 Å². The summed E-state index contributed by atoms with van der Waals surface area (Å²) in [5, 5.41) is 9.68. The Morgan fingerprint density at radius 2 is 1.61 bits per heavy atom. The normalized spacial score (nSPS) is 31.9. The zero-order valence-electron chi connectivity index (χ0n) is 29.6. The molecule has 0 amide bonds. The van der Waals surface area contributed by atoms with Crippen LogP contribution in [-0.4, -0.2) is 95.0 Å². The van der Waals surface area contributed by atoms with E-state index >= 15 is 0 Å². The lowest BCUT2D eigenvalue weighted by atomic mass is 9.70. The number of rotatable bonds is 12. The maximum absolute atomic E-state index is 9.68. The minimum absolute atomic E-state index is 0.426. The van der Waals surface area contributed by atoms with Crippen LogP contribution in [0.1, 0.15) is 131 Å². The molecular weight excluding hydrogens is 542 g/mol. The summed E-state index contributed by atoms with van der Waals surface area (Å²) in [7, 11) is 0. The monoisotopic (exact) mass is 612 g/mol. The van der Waals surface area contributed by atoms with Crippen LogP contribution in [0, 0.1) is 34.5 Å². The first-order valence-electron chi connectivity index (χ1n) is 19.0. The molecule has 5 rings (SSSR count). The van der Waals surface area contributed by atoms with Crippen LogP contribution in [0.2, 0.25) is 0 Å². The number of nitrogens with zero attached hydrogens (tertiary/aromatic N) is 5. The van der Waals surface area contributed by atoms with Crippen molar-refractivity contribution in [2.75, 3.05) is 39.3 Å². The molecule has 0 aromatic heterocycles. The highest BCUT2D eigenvalue weighted by atomic mass is 15.5. The predicted octanol–water partition coefficient (Wildman–Crippen LogP) is 7.02. The number of likely N-dealkylation sites (tertiary alicyclic amines) is 1. The van der Waals surface area contributed by atoms with Crippen molar-refractivity contribution in [2.24, 2.45) is 39.8 Å². The van der Waals surface area contributed by atoms with Crippen LogP contribution in [0.4, 0.5) is 0 Å². The number of guanidine groups is 2. The molecule has 0 aromatic carbocycles. The molecule has 3 N–H and O–H groups in total. The van der Waals surface area contributed by atoms with Crippen molar-refractivity contribution >= 4 is 11.9 Å². The van der Waals surface area contributed by atoms with Gasteiger partial charge in [0.25, 0.3) is 0 Å². The molecule has 5 aliphatic rings. The molecule has 0 unspecified atom stereocenters. The van der Waals surface area contributed by atoms with Crippen LogP contribution in [0.3, 0.4) is 0 Å². The van der Waals surface area contributed by atoms with E-state index in [9.17, 15) is 5.41 Å². The van der Waals surface area contributed by atoms with Crippen LogP contribution in [-0.2, 0) is 0 Å². The van der Waals surface area contributed by atoms with Gasteiger partial charge in [-0.1, -0.05) is 80.1 Å². The van der Waals surface area contributed by atoms with Gasteiger partial charge in [-0.3, -0.25) is 15.3 Å². The fourth-order valence-corrected chi connectivity index (χ4v) is 9.67. The van der Waals surface area contributed by atoms with E-state index in [2.05, 4.69) is 66.1 Å². The molecular formula is C37H69N7. The van der Waals surface area contributed by atoms with Gasteiger partial charge in [0.2, 0.25) is 0 Å². The Bertz CT molecular complexity index is 942. The summed E-state index contributed by atoms with van der Waals surface area (Å²) in [6.45, 7) is 20.5. The first kappa shape index (κ1) is 33.9. The van der Waals surface area contributed by atoms with Gasteiger partial charge < -0.3 is 20.4 Å². The van der Waals surface area contributed by atoms with E-state index in [0.717, 1.165) is 62.4 Å². The molecule has 0 spiro atoms. The minimum Gasteiger partial charge on any atom is -0.370 e. The summed E-state index contributed by atoms with van der Waals surface area (Å²) < 4.78 is 0. The highest BCUT2D eigenvalue weighted by molar-refractivity contribution is 5.80. The number of nitrogens with two attached hydrogens (primary N) is 1. The summed E-state index contributed by atoms with van der Waals surface area (Å²) >= 11 is 0. The Kier molecular flexibility index (Phi) is 11.5. The summed E-state index contributed by atoms with van der Waals surface area (Å²) in [5.41, 5.74) is 6.88. The van der Waals surface area contributed by atoms with Crippen molar-refractivity contribution < 1.29 is 0 Å². The van der Waals surface area contributed by atoms with E-state index in [1.165, 1.54) is 96.4 Å². The Morgan fingerprint density at radius 1 is 0.886 bits per heavy atom. The van der Waals surface area contributed by atoms with Gasteiger partial charge in [0, 0.05) is 44.3 Å². The molecule has 44 heavy (non-hydrogen) atoms. The lowest BCUT2D eigenvalue weighted by molar-refractivity contribution is 0.133. The minimum atomic E-state index is 0.426. The van der Waals surface area contributed by atoms with Crippen molar-refractivity contribution in [3.63, 3.8) is 0 Å². The molecule has 4 fully saturated rings. The van der Waals surface area contributed by atoms with Crippen LogP contribution in [0.25, 0.3) is 0 Å². The number of nitrogens with one attached hydrogen (secondary N) is 1. The molecule has 0 aromatic rings. The summed E-state index contributed by atoms with van der Waals surface area (Å²) in [5.74, 6) is 4.59. The number of aliphatic imine (C=N–C) groups is 1. The first-order chi connectivity index (χ1) is 21.0. The first-order valence-corrected chi connectivity index (χ1v) is 19.0. The van der Waals surface area contributed by atoms with E-state index in [1.807, 2.05) is 0 Å². The van der Waals surface area contributed by atoms with Crippen LogP contribution < -0.4 is 5.73 Å². The van der Waals surface area contributed by atoms with Crippen LogP contribution >= 0.6 is 0 Å².